The van der Waals surface area contributed by atoms with Gasteiger partial charge in [-0.3, -0.25) is 4.79 Å². The van der Waals surface area contributed by atoms with Crippen LogP contribution in [-0.4, -0.2) is 30.9 Å². The molecule has 1 aliphatic rings. The van der Waals surface area contributed by atoms with Gasteiger partial charge in [0.2, 0.25) is 0 Å². The van der Waals surface area contributed by atoms with Crippen molar-refractivity contribution in [3.63, 3.8) is 0 Å². The highest BCUT2D eigenvalue weighted by atomic mass is 16.8. The monoisotopic (exact) mass is 320 g/mol. The van der Waals surface area contributed by atoms with E-state index in [0.717, 1.165) is 0 Å². The van der Waals surface area contributed by atoms with Crippen LogP contribution in [0.1, 0.15) is 26.3 Å². The van der Waals surface area contributed by atoms with Crippen molar-refractivity contribution in [1.82, 2.24) is 0 Å². The molecule has 1 fully saturated rings. The Labute approximate surface area is 135 Å². The molecule has 6 heteroatoms. The summed E-state index contributed by atoms with van der Waals surface area (Å²) in [7, 11) is 0. The van der Waals surface area contributed by atoms with Crippen molar-refractivity contribution >= 4 is 11.9 Å². The summed E-state index contributed by atoms with van der Waals surface area (Å²) in [5.74, 6) is -4.67. The summed E-state index contributed by atoms with van der Waals surface area (Å²) in [6.45, 7) is 8.25. The first-order valence-corrected chi connectivity index (χ1v) is 7.22. The van der Waals surface area contributed by atoms with Crippen molar-refractivity contribution in [2.45, 2.75) is 32.3 Å². The topological polar surface area (TPSA) is 71.1 Å². The lowest BCUT2D eigenvalue weighted by Crippen LogP contribution is -2.56. The van der Waals surface area contributed by atoms with Gasteiger partial charge in [0.1, 0.15) is 0 Å². The second kappa shape index (κ2) is 6.52. The minimum absolute atomic E-state index is 0.171. The Morgan fingerprint density at radius 3 is 2.17 bits per heavy atom. The molecule has 0 saturated carbocycles. The van der Waals surface area contributed by atoms with Crippen LogP contribution in [0.5, 0.6) is 0 Å². The van der Waals surface area contributed by atoms with E-state index < -0.39 is 23.5 Å². The summed E-state index contributed by atoms with van der Waals surface area (Å²) >= 11 is 0. The first kappa shape index (κ1) is 17.2. The molecule has 0 N–H and O–H groups in total. The van der Waals surface area contributed by atoms with E-state index in [1.807, 2.05) is 6.07 Å². The fourth-order valence-electron chi connectivity index (χ4n) is 2.45. The number of hydrogen-bond donors (Lipinski definition) is 0. The van der Waals surface area contributed by atoms with Gasteiger partial charge in [0.25, 0.3) is 5.79 Å². The minimum Gasteiger partial charge on any atom is -0.417 e. The highest BCUT2D eigenvalue weighted by molar-refractivity contribution is 5.87. The third-order valence-electron chi connectivity index (χ3n) is 3.42. The molecular formula is C17H20O6. The molecule has 0 aromatic heterocycles. The van der Waals surface area contributed by atoms with Crippen molar-refractivity contribution in [1.29, 1.82) is 0 Å². The van der Waals surface area contributed by atoms with Gasteiger partial charge >= 0.3 is 17.7 Å². The molecule has 1 aliphatic heterocycles. The quantitative estimate of drug-likeness (QED) is 0.471. The van der Waals surface area contributed by atoms with Gasteiger partial charge < -0.3 is 18.9 Å². The Balaban J connectivity index is 2.51. The lowest BCUT2D eigenvalue weighted by atomic mass is 9.97. The van der Waals surface area contributed by atoms with E-state index in [1.54, 1.807) is 24.3 Å². The summed E-state index contributed by atoms with van der Waals surface area (Å²) in [6.07, 6.45) is 0. The molecule has 0 bridgehead atoms. The Morgan fingerprint density at radius 1 is 1.13 bits per heavy atom. The van der Waals surface area contributed by atoms with Crippen LogP contribution in [0.25, 0.3) is 0 Å². The summed E-state index contributed by atoms with van der Waals surface area (Å²) in [5.41, 5.74) is 0.750. The number of carbonyl (C=O) groups is 2. The highest BCUT2D eigenvalue weighted by Gasteiger charge is 2.60. The zero-order valence-electron chi connectivity index (χ0n) is 13.5. The van der Waals surface area contributed by atoms with Crippen molar-refractivity contribution < 1.29 is 28.5 Å². The van der Waals surface area contributed by atoms with Crippen molar-refractivity contribution in [3.8, 4) is 0 Å². The van der Waals surface area contributed by atoms with Gasteiger partial charge in [0.05, 0.1) is 13.2 Å². The lowest BCUT2D eigenvalue weighted by Gasteiger charge is -2.41. The van der Waals surface area contributed by atoms with Crippen LogP contribution >= 0.6 is 0 Å². The van der Waals surface area contributed by atoms with Crippen LogP contribution < -0.4 is 0 Å². The molecule has 1 atom stereocenters. The van der Waals surface area contributed by atoms with Crippen LogP contribution in [0, 0.1) is 0 Å². The summed E-state index contributed by atoms with van der Waals surface area (Å²) in [5, 5.41) is 0. The normalized spacial score (nSPS) is 18.7. The summed E-state index contributed by atoms with van der Waals surface area (Å²) in [4.78, 5) is 23.6. The van der Waals surface area contributed by atoms with Gasteiger partial charge in [-0.1, -0.05) is 36.9 Å². The number of carbonyl (C=O) groups excluding carboxylic acids is 2. The molecule has 1 saturated heterocycles. The second-order valence-electron chi connectivity index (χ2n) is 5.39. The summed E-state index contributed by atoms with van der Waals surface area (Å²) < 4.78 is 22.3. The van der Waals surface area contributed by atoms with Crippen LogP contribution in [0.4, 0.5) is 0 Å². The highest BCUT2D eigenvalue weighted by Crippen LogP contribution is 2.44. The van der Waals surface area contributed by atoms with Crippen molar-refractivity contribution in [3.05, 3.63) is 48.0 Å². The molecule has 0 radical (unpaired) electrons. The predicted octanol–water partition coefficient (Wildman–Crippen LogP) is 2.28. The van der Waals surface area contributed by atoms with Gasteiger partial charge in [-0.05, 0) is 6.92 Å². The second-order valence-corrected chi connectivity index (χ2v) is 5.39. The smallest absolute Gasteiger partial charge is 0.336 e. The predicted molar refractivity (Wildman–Crippen MR) is 81.1 cm³/mol. The average molecular weight is 320 g/mol. The van der Waals surface area contributed by atoms with Gasteiger partial charge in [0.15, 0.2) is 0 Å². The third kappa shape index (κ3) is 3.28. The van der Waals surface area contributed by atoms with E-state index in [1.165, 1.54) is 20.8 Å². The first-order chi connectivity index (χ1) is 10.8. The van der Waals surface area contributed by atoms with E-state index >= 15 is 0 Å². The maximum absolute atomic E-state index is 12.0. The molecule has 23 heavy (non-hydrogen) atoms. The molecule has 2 rings (SSSR count). The number of hydrogen-bond acceptors (Lipinski definition) is 6. The zero-order valence-corrected chi connectivity index (χ0v) is 13.5. The number of rotatable bonds is 5. The van der Waals surface area contributed by atoms with E-state index in [0.29, 0.717) is 5.56 Å². The Morgan fingerprint density at radius 2 is 1.70 bits per heavy atom. The average Bonchev–Trinajstić information content (AvgIpc) is 2.98. The number of esters is 2. The van der Waals surface area contributed by atoms with Crippen LogP contribution in [0.15, 0.2) is 42.5 Å². The van der Waals surface area contributed by atoms with E-state index in [2.05, 4.69) is 6.58 Å². The number of ether oxygens (including phenoxy) is 4. The van der Waals surface area contributed by atoms with Gasteiger partial charge in [-0.25, -0.2) is 4.79 Å². The van der Waals surface area contributed by atoms with Crippen molar-refractivity contribution in [2.24, 2.45) is 0 Å². The van der Waals surface area contributed by atoms with E-state index in [-0.39, 0.29) is 18.8 Å². The molecular weight excluding hydrogens is 300 g/mol. The largest absolute Gasteiger partial charge is 0.417 e. The van der Waals surface area contributed by atoms with Gasteiger partial charge in [-0.2, -0.15) is 0 Å². The first-order valence-electron chi connectivity index (χ1n) is 7.22. The van der Waals surface area contributed by atoms with Gasteiger partial charge in [0, 0.05) is 25.0 Å². The minimum atomic E-state index is -1.80. The molecule has 0 amide bonds. The third-order valence-corrected chi connectivity index (χ3v) is 3.42. The molecule has 1 aromatic carbocycles. The SMILES string of the molecule is C=C(C)C(=O)OC(C)(OC(C)=O)C1(c2ccccc2)OCCO1. The molecule has 0 aliphatic carbocycles. The molecule has 0 spiro atoms. The summed E-state index contributed by atoms with van der Waals surface area (Å²) in [6, 6.07) is 8.91. The Bertz CT molecular complexity index is 603. The van der Waals surface area contributed by atoms with E-state index in [9.17, 15) is 9.59 Å². The molecule has 124 valence electrons. The Kier molecular flexibility index (Phi) is 4.87. The maximum Gasteiger partial charge on any atom is 0.336 e. The fraction of sp³-hybridized carbons (Fsp3) is 0.412. The molecule has 1 unspecified atom stereocenters. The molecule has 1 heterocycles. The lowest BCUT2D eigenvalue weighted by molar-refractivity contribution is -0.355. The van der Waals surface area contributed by atoms with Crippen molar-refractivity contribution in [2.75, 3.05) is 13.2 Å². The van der Waals surface area contributed by atoms with Crippen LogP contribution in [-0.2, 0) is 34.3 Å². The fourth-order valence-corrected chi connectivity index (χ4v) is 2.45. The van der Waals surface area contributed by atoms with E-state index in [4.69, 9.17) is 18.9 Å². The zero-order chi connectivity index (χ0) is 17.1. The van der Waals surface area contributed by atoms with Crippen LogP contribution in [0.3, 0.4) is 0 Å². The molecule has 6 nitrogen and oxygen atoms in total. The maximum atomic E-state index is 12.0. The van der Waals surface area contributed by atoms with Crippen LogP contribution in [0.2, 0.25) is 0 Å². The molecule has 1 aromatic rings. The van der Waals surface area contributed by atoms with Gasteiger partial charge in [-0.15, -0.1) is 0 Å². The standard InChI is InChI=1S/C17H20O6/c1-12(2)15(19)23-16(4,22-13(3)18)17(20-10-11-21-17)14-8-6-5-7-9-14/h5-9H,1,10-11H2,2-4H3. The Hall–Kier alpha value is -2.18. The number of benzene rings is 1.